The molecule has 7 nitrogen and oxygen atoms in total. The van der Waals surface area contributed by atoms with Gasteiger partial charge in [-0.3, -0.25) is 14.9 Å². The first kappa shape index (κ1) is 16.4. The minimum Gasteiger partial charge on any atom is -0.376 e. The fourth-order valence-corrected chi connectivity index (χ4v) is 1.91. The zero-order valence-electron chi connectivity index (χ0n) is 11.9. The van der Waals surface area contributed by atoms with Crippen LogP contribution in [-0.2, 0) is 4.79 Å². The lowest BCUT2D eigenvalue weighted by Crippen LogP contribution is -2.25. The van der Waals surface area contributed by atoms with Gasteiger partial charge in [0.25, 0.3) is 11.6 Å². The predicted molar refractivity (Wildman–Crippen MR) is 88.8 cm³/mol. The van der Waals surface area contributed by atoms with Crippen LogP contribution in [0.2, 0.25) is 5.02 Å². The van der Waals surface area contributed by atoms with Crippen molar-refractivity contribution in [2.75, 3.05) is 11.9 Å². The largest absolute Gasteiger partial charge is 0.376 e. The SMILES string of the molecule is O=C(CNc1cccc(Cl)c1)NN=Cc1cccc([N+](=O)[O-])c1. The van der Waals surface area contributed by atoms with Crippen molar-refractivity contribution >= 4 is 35.1 Å². The Morgan fingerprint density at radius 2 is 2.04 bits per heavy atom. The Labute approximate surface area is 137 Å². The molecule has 0 saturated heterocycles. The van der Waals surface area contributed by atoms with Gasteiger partial charge >= 0.3 is 0 Å². The fourth-order valence-electron chi connectivity index (χ4n) is 1.72. The number of carbonyl (C=O) groups excluding carboxylic acids is 1. The number of nitrogens with one attached hydrogen (secondary N) is 2. The molecule has 2 N–H and O–H groups in total. The number of nitro benzene ring substituents is 1. The van der Waals surface area contributed by atoms with Crippen molar-refractivity contribution in [3.05, 3.63) is 69.2 Å². The van der Waals surface area contributed by atoms with Gasteiger partial charge in [-0.05, 0) is 18.2 Å². The number of hydrogen-bond acceptors (Lipinski definition) is 5. The molecule has 0 atom stereocenters. The zero-order chi connectivity index (χ0) is 16.7. The van der Waals surface area contributed by atoms with Crippen molar-refractivity contribution in [3.8, 4) is 0 Å². The number of hydrogen-bond donors (Lipinski definition) is 2. The van der Waals surface area contributed by atoms with E-state index in [9.17, 15) is 14.9 Å². The molecule has 2 aromatic carbocycles. The second-order valence-corrected chi connectivity index (χ2v) is 4.95. The molecule has 2 rings (SSSR count). The lowest BCUT2D eigenvalue weighted by atomic mass is 10.2. The molecule has 118 valence electrons. The summed E-state index contributed by atoms with van der Waals surface area (Å²) in [6.45, 7) is 0.0205. The van der Waals surface area contributed by atoms with Crippen molar-refractivity contribution in [3.63, 3.8) is 0 Å². The molecule has 0 fully saturated rings. The molecule has 0 heterocycles. The second-order valence-electron chi connectivity index (χ2n) is 4.51. The standard InChI is InChI=1S/C15H13ClN4O3/c16-12-4-2-5-13(8-12)17-10-15(21)19-18-9-11-3-1-6-14(7-11)20(22)23/h1-9,17H,10H2,(H,19,21). The first-order chi connectivity index (χ1) is 11.0. The predicted octanol–water partition coefficient (Wildman–Crippen LogP) is 2.81. The molecule has 0 saturated carbocycles. The highest BCUT2D eigenvalue weighted by Crippen LogP contribution is 2.14. The minimum atomic E-state index is -0.495. The van der Waals surface area contributed by atoms with Gasteiger partial charge in [-0.2, -0.15) is 5.10 Å². The Hall–Kier alpha value is -2.93. The van der Waals surface area contributed by atoms with Gasteiger partial charge < -0.3 is 5.32 Å². The maximum absolute atomic E-state index is 11.6. The number of rotatable bonds is 6. The Bertz CT molecular complexity index is 749. The van der Waals surface area contributed by atoms with E-state index in [1.165, 1.54) is 18.3 Å². The number of non-ortho nitro benzene ring substituents is 1. The van der Waals surface area contributed by atoms with Crippen molar-refractivity contribution in [1.29, 1.82) is 0 Å². The van der Waals surface area contributed by atoms with E-state index in [0.29, 0.717) is 10.6 Å². The van der Waals surface area contributed by atoms with E-state index >= 15 is 0 Å². The summed E-state index contributed by atoms with van der Waals surface area (Å²) in [5.41, 5.74) is 3.52. The van der Waals surface area contributed by atoms with E-state index in [1.807, 2.05) is 0 Å². The van der Waals surface area contributed by atoms with Gasteiger partial charge in [-0.1, -0.05) is 29.8 Å². The third kappa shape index (κ3) is 5.40. The summed E-state index contributed by atoms with van der Waals surface area (Å²) in [5.74, 6) is -0.355. The van der Waals surface area contributed by atoms with Crippen LogP contribution in [0.4, 0.5) is 11.4 Å². The van der Waals surface area contributed by atoms with Gasteiger partial charge in [0, 0.05) is 28.4 Å². The van der Waals surface area contributed by atoms with Crippen molar-refractivity contribution in [2.24, 2.45) is 5.10 Å². The normalized spacial score (nSPS) is 10.5. The summed E-state index contributed by atoms with van der Waals surface area (Å²) in [4.78, 5) is 21.8. The molecule has 0 aliphatic heterocycles. The van der Waals surface area contributed by atoms with E-state index in [-0.39, 0.29) is 18.1 Å². The molecule has 1 amide bonds. The van der Waals surface area contributed by atoms with Gasteiger partial charge in [0.15, 0.2) is 0 Å². The molecular formula is C15H13ClN4O3. The third-order valence-electron chi connectivity index (χ3n) is 2.76. The zero-order valence-corrected chi connectivity index (χ0v) is 12.7. The molecule has 0 unspecified atom stereocenters. The van der Waals surface area contributed by atoms with Crippen LogP contribution in [-0.4, -0.2) is 23.6 Å². The highest BCUT2D eigenvalue weighted by atomic mass is 35.5. The molecule has 0 radical (unpaired) electrons. The molecule has 0 aliphatic carbocycles. The average Bonchev–Trinajstić information content (AvgIpc) is 2.53. The first-order valence-corrected chi connectivity index (χ1v) is 6.98. The smallest absolute Gasteiger partial charge is 0.270 e. The number of benzene rings is 2. The van der Waals surface area contributed by atoms with Crippen molar-refractivity contribution < 1.29 is 9.72 Å². The van der Waals surface area contributed by atoms with Crippen LogP contribution in [0.1, 0.15) is 5.56 Å². The Morgan fingerprint density at radius 1 is 1.26 bits per heavy atom. The minimum absolute atomic E-state index is 0.0205. The van der Waals surface area contributed by atoms with Gasteiger partial charge in [-0.25, -0.2) is 5.43 Å². The quantitative estimate of drug-likeness (QED) is 0.483. The molecule has 2 aromatic rings. The molecule has 8 heteroatoms. The average molecular weight is 333 g/mol. The lowest BCUT2D eigenvalue weighted by Gasteiger charge is -2.05. The molecular weight excluding hydrogens is 320 g/mol. The topological polar surface area (TPSA) is 96.6 Å². The van der Waals surface area contributed by atoms with Gasteiger partial charge in [0.05, 0.1) is 17.7 Å². The fraction of sp³-hybridized carbons (Fsp3) is 0.0667. The van der Waals surface area contributed by atoms with Crippen LogP contribution in [0.5, 0.6) is 0 Å². The van der Waals surface area contributed by atoms with Gasteiger partial charge in [0.1, 0.15) is 0 Å². The number of nitro groups is 1. The number of amides is 1. The number of halogens is 1. The van der Waals surface area contributed by atoms with Crippen LogP contribution < -0.4 is 10.7 Å². The monoisotopic (exact) mass is 332 g/mol. The summed E-state index contributed by atoms with van der Waals surface area (Å²) in [6.07, 6.45) is 1.34. The van der Waals surface area contributed by atoms with E-state index in [2.05, 4.69) is 15.8 Å². The number of carbonyl (C=O) groups is 1. The van der Waals surface area contributed by atoms with Crippen LogP contribution in [0.15, 0.2) is 53.6 Å². The molecule has 23 heavy (non-hydrogen) atoms. The van der Waals surface area contributed by atoms with E-state index in [1.54, 1.807) is 36.4 Å². The van der Waals surface area contributed by atoms with Gasteiger partial charge in [0.2, 0.25) is 0 Å². The molecule has 0 bridgehead atoms. The summed E-state index contributed by atoms with van der Waals surface area (Å²) in [7, 11) is 0. The summed E-state index contributed by atoms with van der Waals surface area (Å²) >= 11 is 5.83. The lowest BCUT2D eigenvalue weighted by molar-refractivity contribution is -0.384. The van der Waals surface area contributed by atoms with E-state index in [4.69, 9.17) is 11.6 Å². The molecule has 0 aliphatic rings. The van der Waals surface area contributed by atoms with Gasteiger partial charge in [-0.15, -0.1) is 0 Å². The number of nitrogens with zero attached hydrogens (tertiary/aromatic N) is 2. The molecule has 0 aromatic heterocycles. The summed E-state index contributed by atoms with van der Waals surface area (Å²) in [5, 5.41) is 17.9. The van der Waals surface area contributed by atoms with Crippen molar-refractivity contribution in [2.45, 2.75) is 0 Å². The Balaban J connectivity index is 1.84. The highest BCUT2D eigenvalue weighted by Gasteiger charge is 2.04. The Kier molecular flexibility index (Phi) is 5.65. The Morgan fingerprint density at radius 3 is 2.78 bits per heavy atom. The van der Waals surface area contributed by atoms with Crippen LogP contribution >= 0.6 is 11.6 Å². The maximum Gasteiger partial charge on any atom is 0.270 e. The van der Waals surface area contributed by atoms with Crippen molar-refractivity contribution in [1.82, 2.24) is 5.43 Å². The summed E-state index contributed by atoms with van der Waals surface area (Å²) in [6, 6.07) is 12.9. The number of hydrazone groups is 1. The molecule has 0 spiro atoms. The number of anilines is 1. The van der Waals surface area contributed by atoms with Crippen LogP contribution in [0.3, 0.4) is 0 Å². The maximum atomic E-state index is 11.6. The first-order valence-electron chi connectivity index (χ1n) is 6.60. The van der Waals surface area contributed by atoms with Crippen LogP contribution in [0, 0.1) is 10.1 Å². The second kappa shape index (κ2) is 7.90. The van der Waals surface area contributed by atoms with E-state index in [0.717, 1.165) is 5.69 Å². The third-order valence-corrected chi connectivity index (χ3v) is 3.00. The summed E-state index contributed by atoms with van der Waals surface area (Å²) < 4.78 is 0. The highest BCUT2D eigenvalue weighted by molar-refractivity contribution is 6.30. The van der Waals surface area contributed by atoms with Crippen LogP contribution in [0.25, 0.3) is 0 Å². The van der Waals surface area contributed by atoms with E-state index < -0.39 is 4.92 Å².